The van der Waals surface area contributed by atoms with E-state index in [0.717, 1.165) is 48.4 Å². The molecular formula is C22H25N7O3. The monoisotopic (exact) mass is 435 g/mol. The van der Waals surface area contributed by atoms with E-state index in [1.54, 1.807) is 12.0 Å². The number of hydrogen-bond acceptors (Lipinski definition) is 9. The summed E-state index contributed by atoms with van der Waals surface area (Å²) >= 11 is 0. The third-order valence-corrected chi connectivity index (χ3v) is 5.96. The van der Waals surface area contributed by atoms with Gasteiger partial charge in [0.15, 0.2) is 6.39 Å². The first kappa shape index (κ1) is 20.2. The number of carbonyl (C=O) groups excluding carboxylic acids is 1. The Hall–Kier alpha value is -3.69. The van der Waals surface area contributed by atoms with E-state index in [1.165, 1.54) is 12.6 Å². The first-order valence-electron chi connectivity index (χ1n) is 10.7. The second-order valence-electron chi connectivity index (χ2n) is 8.10. The number of oxazole rings is 1. The zero-order chi connectivity index (χ0) is 22.1. The van der Waals surface area contributed by atoms with E-state index in [4.69, 9.17) is 14.1 Å². The van der Waals surface area contributed by atoms with Crippen molar-refractivity contribution < 1.29 is 13.9 Å². The molecule has 5 heterocycles. The zero-order valence-electron chi connectivity index (χ0n) is 18.1. The summed E-state index contributed by atoms with van der Waals surface area (Å²) in [6.07, 6.45) is 8.12. The topological polar surface area (TPSA) is 110 Å². The quantitative estimate of drug-likeness (QED) is 0.644. The van der Waals surface area contributed by atoms with Gasteiger partial charge < -0.3 is 24.3 Å². The molecular weight excluding hydrogens is 410 g/mol. The number of hydrogen-bond donors (Lipinski definition) is 1. The normalized spacial score (nSPS) is 17.9. The number of nitrogens with one attached hydrogen (secondary N) is 1. The van der Waals surface area contributed by atoms with Gasteiger partial charge in [-0.15, -0.1) is 0 Å². The fourth-order valence-electron chi connectivity index (χ4n) is 4.26. The molecule has 0 saturated carbocycles. The van der Waals surface area contributed by atoms with E-state index in [-0.39, 0.29) is 17.7 Å². The number of carbonyl (C=O) groups is 1. The lowest BCUT2D eigenvalue weighted by Crippen LogP contribution is -2.33. The van der Waals surface area contributed by atoms with Gasteiger partial charge in [0.1, 0.15) is 0 Å². The molecule has 0 spiro atoms. The van der Waals surface area contributed by atoms with Gasteiger partial charge in [-0.1, -0.05) is 0 Å². The highest BCUT2D eigenvalue weighted by molar-refractivity contribution is 5.91. The number of aromatic nitrogens is 4. The van der Waals surface area contributed by atoms with Crippen LogP contribution < -0.4 is 15.0 Å². The predicted octanol–water partition coefficient (Wildman–Crippen LogP) is 2.07. The molecule has 5 rings (SSSR count). The Morgan fingerprint density at radius 2 is 2.16 bits per heavy atom. The summed E-state index contributed by atoms with van der Waals surface area (Å²) in [6, 6.07) is 2.20. The zero-order valence-corrected chi connectivity index (χ0v) is 18.1. The minimum Gasteiger partial charge on any atom is -0.481 e. The Morgan fingerprint density at radius 3 is 2.94 bits per heavy atom. The summed E-state index contributed by atoms with van der Waals surface area (Å²) in [4.78, 5) is 34.0. The fourth-order valence-corrected chi connectivity index (χ4v) is 4.26. The van der Waals surface area contributed by atoms with E-state index in [0.29, 0.717) is 24.9 Å². The summed E-state index contributed by atoms with van der Waals surface area (Å²) in [7, 11) is 1.63. The average Bonchev–Trinajstić information content (AvgIpc) is 3.51. The third kappa shape index (κ3) is 3.95. The molecule has 1 atom stereocenters. The highest BCUT2D eigenvalue weighted by Crippen LogP contribution is 2.27. The Morgan fingerprint density at radius 1 is 1.25 bits per heavy atom. The second kappa shape index (κ2) is 8.45. The molecule has 2 aliphatic rings. The number of rotatable bonds is 5. The number of nitrogens with zero attached hydrogens (tertiary/aromatic N) is 6. The molecule has 1 saturated heterocycles. The maximum atomic E-state index is 12.4. The van der Waals surface area contributed by atoms with E-state index in [1.807, 2.05) is 19.3 Å². The lowest BCUT2D eigenvalue weighted by atomic mass is 10.1. The van der Waals surface area contributed by atoms with Gasteiger partial charge >= 0.3 is 0 Å². The lowest BCUT2D eigenvalue weighted by molar-refractivity contribution is 0.0760. The molecule has 0 aromatic carbocycles. The molecule has 1 fully saturated rings. The van der Waals surface area contributed by atoms with Crippen LogP contribution in [-0.2, 0) is 13.0 Å². The Bertz CT molecular complexity index is 1120. The van der Waals surface area contributed by atoms with Crippen molar-refractivity contribution in [3.8, 4) is 5.88 Å². The molecule has 3 aromatic rings. The van der Waals surface area contributed by atoms with Crippen LogP contribution in [0.15, 0.2) is 35.5 Å². The minimum absolute atomic E-state index is 0.105. The minimum atomic E-state index is -0.137. The molecule has 10 nitrogen and oxygen atoms in total. The number of pyridine rings is 1. The average molecular weight is 435 g/mol. The number of methoxy groups -OCH3 is 1. The van der Waals surface area contributed by atoms with Gasteiger partial charge in [0.25, 0.3) is 5.91 Å². The second-order valence-corrected chi connectivity index (χ2v) is 8.10. The van der Waals surface area contributed by atoms with E-state index >= 15 is 0 Å². The van der Waals surface area contributed by atoms with Gasteiger partial charge in [0.05, 0.1) is 30.9 Å². The highest BCUT2D eigenvalue weighted by Gasteiger charge is 2.29. The standard InChI is InChI=1S/C22H25N7O3/c1-14-7-17(9-24-20(14)31-2)28-6-4-18-15(11-28)8-25-22(27-18)26-16-3-5-29(12-16)21(30)19-10-23-13-32-19/h7-10,13,16H,3-6,11-12H2,1-2H3,(H,25,26,27)/t16-/m0/s1. The number of ether oxygens (including phenoxy) is 1. The molecule has 0 aliphatic carbocycles. The van der Waals surface area contributed by atoms with Crippen LogP contribution in [0.2, 0.25) is 0 Å². The molecule has 1 N–H and O–H groups in total. The van der Waals surface area contributed by atoms with Crippen molar-refractivity contribution in [2.75, 3.05) is 37.0 Å². The van der Waals surface area contributed by atoms with Crippen molar-refractivity contribution in [3.63, 3.8) is 0 Å². The fraction of sp³-hybridized carbons (Fsp3) is 0.409. The predicted molar refractivity (Wildman–Crippen MR) is 117 cm³/mol. The van der Waals surface area contributed by atoms with Crippen LogP contribution in [0.5, 0.6) is 5.88 Å². The van der Waals surface area contributed by atoms with Gasteiger partial charge in [-0.3, -0.25) is 4.79 Å². The van der Waals surface area contributed by atoms with Crippen LogP contribution in [0.3, 0.4) is 0 Å². The van der Waals surface area contributed by atoms with Crippen molar-refractivity contribution >= 4 is 17.5 Å². The summed E-state index contributed by atoms with van der Waals surface area (Å²) in [5, 5.41) is 3.38. The van der Waals surface area contributed by atoms with Crippen LogP contribution in [0.4, 0.5) is 11.6 Å². The Kier molecular flexibility index (Phi) is 5.34. The summed E-state index contributed by atoms with van der Waals surface area (Å²) in [6.45, 7) is 4.84. The molecule has 3 aromatic heterocycles. The van der Waals surface area contributed by atoms with Crippen molar-refractivity contribution in [2.24, 2.45) is 0 Å². The maximum absolute atomic E-state index is 12.4. The third-order valence-electron chi connectivity index (χ3n) is 5.96. The SMILES string of the molecule is COc1ncc(N2CCc3nc(N[C@H]4CCN(C(=O)c5cnco5)C4)ncc3C2)cc1C. The number of likely N-dealkylation sites (tertiary alicyclic amines) is 1. The van der Waals surface area contributed by atoms with Gasteiger partial charge in [-0.2, -0.15) is 0 Å². The van der Waals surface area contributed by atoms with Gasteiger partial charge in [0.2, 0.25) is 17.6 Å². The smallest absolute Gasteiger partial charge is 0.291 e. The van der Waals surface area contributed by atoms with Gasteiger partial charge in [-0.25, -0.2) is 19.9 Å². The molecule has 32 heavy (non-hydrogen) atoms. The molecule has 0 radical (unpaired) electrons. The molecule has 166 valence electrons. The lowest BCUT2D eigenvalue weighted by Gasteiger charge is -2.30. The molecule has 0 bridgehead atoms. The Balaban J connectivity index is 1.22. The van der Waals surface area contributed by atoms with Crippen molar-refractivity contribution in [1.29, 1.82) is 0 Å². The van der Waals surface area contributed by atoms with Crippen molar-refractivity contribution in [3.05, 3.63) is 53.6 Å². The number of fused-ring (bicyclic) bond motifs is 1. The first-order valence-corrected chi connectivity index (χ1v) is 10.7. The molecule has 10 heteroatoms. The largest absolute Gasteiger partial charge is 0.481 e. The van der Waals surface area contributed by atoms with Crippen molar-refractivity contribution in [2.45, 2.75) is 32.4 Å². The summed E-state index contributed by atoms with van der Waals surface area (Å²) in [5.74, 6) is 1.39. The maximum Gasteiger partial charge on any atom is 0.291 e. The first-order chi connectivity index (χ1) is 15.6. The van der Waals surface area contributed by atoms with Gasteiger partial charge in [0, 0.05) is 56.0 Å². The number of amides is 1. The molecule has 1 amide bonds. The van der Waals surface area contributed by atoms with E-state index in [2.05, 4.69) is 31.2 Å². The summed E-state index contributed by atoms with van der Waals surface area (Å²) < 4.78 is 10.4. The number of aryl methyl sites for hydroxylation is 1. The highest BCUT2D eigenvalue weighted by atomic mass is 16.5. The van der Waals surface area contributed by atoms with Crippen molar-refractivity contribution in [1.82, 2.24) is 24.8 Å². The van der Waals surface area contributed by atoms with Crippen LogP contribution in [0, 0.1) is 6.92 Å². The van der Waals surface area contributed by atoms with E-state index in [9.17, 15) is 4.79 Å². The molecule has 2 aliphatic heterocycles. The van der Waals surface area contributed by atoms with Crippen LogP contribution in [-0.4, -0.2) is 63.5 Å². The van der Waals surface area contributed by atoms with Gasteiger partial charge in [-0.05, 0) is 19.4 Å². The summed E-state index contributed by atoms with van der Waals surface area (Å²) in [5.41, 5.74) is 4.26. The number of anilines is 2. The van der Waals surface area contributed by atoms with Crippen LogP contribution in [0.25, 0.3) is 0 Å². The Labute approximate surface area is 185 Å². The van der Waals surface area contributed by atoms with E-state index < -0.39 is 0 Å². The molecule has 0 unspecified atom stereocenters. The van der Waals surface area contributed by atoms with Crippen LogP contribution >= 0.6 is 0 Å². The van der Waals surface area contributed by atoms with Crippen LogP contribution in [0.1, 0.15) is 33.8 Å².